The summed E-state index contributed by atoms with van der Waals surface area (Å²) in [6, 6.07) is 7.19. The highest BCUT2D eigenvalue weighted by Gasteiger charge is 2.39. The summed E-state index contributed by atoms with van der Waals surface area (Å²) in [5.41, 5.74) is 4.25. The molecular formula is C24H27N3O5. The summed E-state index contributed by atoms with van der Waals surface area (Å²) in [7, 11) is 3.11. The minimum atomic E-state index is -1.02. The molecule has 1 N–H and O–H groups in total. The minimum Gasteiger partial charge on any atom is -0.495 e. The van der Waals surface area contributed by atoms with Gasteiger partial charge in [0.25, 0.3) is 0 Å². The van der Waals surface area contributed by atoms with Crippen LogP contribution in [0, 0.1) is 18.3 Å². The number of allylic oxidation sites excluding steroid dienone is 1. The van der Waals surface area contributed by atoms with Crippen LogP contribution in [0.5, 0.6) is 11.6 Å². The lowest BCUT2D eigenvalue weighted by atomic mass is 9.82. The first kappa shape index (κ1) is 23.1. The van der Waals surface area contributed by atoms with Crippen molar-refractivity contribution in [3.8, 4) is 17.7 Å². The third kappa shape index (κ3) is 3.99. The second-order valence-corrected chi connectivity index (χ2v) is 7.41. The van der Waals surface area contributed by atoms with E-state index in [0.29, 0.717) is 53.8 Å². The SMILES string of the molecule is CCOc1ncc(C)c2c1C(CCOC)C(C(=O)O)=C(C)N2c1ccc(C#N)cc1OC. The van der Waals surface area contributed by atoms with Gasteiger partial charge >= 0.3 is 5.97 Å². The fourth-order valence-corrected chi connectivity index (χ4v) is 4.21. The Morgan fingerprint density at radius 2 is 2.06 bits per heavy atom. The Morgan fingerprint density at radius 3 is 2.66 bits per heavy atom. The number of aliphatic carboxylic acids is 1. The molecule has 1 aliphatic heterocycles. The molecule has 0 radical (unpaired) electrons. The summed E-state index contributed by atoms with van der Waals surface area (Å²) in [5.74, 6) is -0.616. The van der Waals surface area contributed by atoms with E-state index in [1.54, 1.807) is 38.4 Å². The van der Waals surface area contributed by atoms with Crippen LogP contribution in [0.2, 0.25) is 0 Å². The number of nitriles is 1. The van der Waals surface area contributed by atoms with Gasteiger partial charge in [0.2, 0.25) is 5.88 Å². The number of methoxy groups -OCH3 is 2. The summed E-state index contributed by atoms with van der Waals surface area (Å²) in [6.07, 6.45) is 2.19. The van der Waals surface area contributed by atoms with Crippen LogP contribution in [-0.4, -0.2) is 43.5 Å². The van der Waals surface area contributed by atoms with Gasteiger partial charge in [-0.3, -0.25) is 0 Å². The Kier molecular flexibility index (Phi) is 7.01. The van der Waals surface area contributed by atoms with Gasteiger partial charge in [-0.05, 0) is 44.9 Å². The third-order valence-corrected chi connectivity index (χ3v) is 5.55. The predicted molar refractivity (Wildman–Crippen MR) is 120 cm³/mol. The average molecular weight is 437 g/mol. The van der Waals surface area contributed by atoms with Crippen LogP contribution in [0.25, 0.3) is 0 Å². The van der Waals surface area contributed by atoms with E-state index in [9.17, 15) is 15.2 Å². The molecule has 0 spiro atoms. The molecule has 0 aliphatic carbocycles. The molecule has 0 saturated carbocycles. The van der Waals surface area contributed by atoms with Crippen molar-refractivity contribution in [1.82, 2.24) is 4.98 Å². The van der Waals surface area contributed by atoms with Crippen molar-refractivity contribution < 1.29 is 24.1 Å². The number of benzene rings is 1. The lowest BCUT2D eigenvalue weighted by Crippen LogP contribution is -2.31. The van der Waals surface area contributed by atoms with Crippen LogP contribution in [0.15, 0.2) is 35.7 Å². The molecule has 32 heavy (non-hydrogen) atoms. The standard InChI is InChI=1S/C24H27N3O5/c1-6-32-23-21-17(9-10-30-4)20(24(28)29)15(3)27(22(21)14(2)13-26-23)18-8-7-16(12-25)11-19(18)31-5/h7-8,11,13,17H,6,9-10H2,1-5H3,(H,28,29). The molecule has 1 aromatic carbocycles. The molecule has 8 nitrogen and oxygen atoms in total. The second kappa shape index (κ2) is 9.71. The van der Waals surface area contributed by atoms with Crippen molar-refractivity contribution in [3.05, 3.63) is 52.4 Å². The fourth-order valence-electron chi connectivity index (χ4n) is 4.21. The monoisotopic (exact) mass is 437 g/mol. The molecule has 1 aromatic heterocycles. The van der Waals surface area contributed by atoms with Gasteiger partial charge in [-0.25, -0.2) is 9.78 Å². The van der Waals surface area contributed by atoms with E-state index in [4.69, 9.17) is 14.2 Å². The molecule has 0 saturated heterocycles. The largest absolute Gasteiger partial charge is 0.495 e. The maximum Gasteiger partial charge on any atom is 0.333 e. The van der Waals surface area contributed by atoms with Crippen molar-refractivity contribution in [1.29, 1.82) is 5.26 Å². The van der Waals surface area contributed by atoms with Gasteiger partial charge in [-0.15, -0.1) is 0 Å². The molecule has 2 heterocycles. The van der Waals surface area contributed by atoms with Crippen LogP contribution in [-0.2, 0) is 9.53 Å². The van der Waals surface area contributed by atoms with E-state index >= 15 is 0 Å². The van der Waals surface area contributed by atoms with E-state index < -0.39 is 11.9 Å². The van der Waals surface area contributed by atoms with Crippen LogP contribution < -0.4 is 14.4 Å². The number of fused-ring (bicyclic) bond motifs is 1. The van der Waals surface area contributed by atoms with E-state index in [1.165, 1.54) is 7.11 Å². The predicted octanol–water partition coefficient (Wildman–Crippen LogP) is 4.30. The van der Waals surface area contributed by atoms with Crippen molar-refractivity contribution >= 4 is 17.3 Å². The molecule has 3 rings (SSSR count). The smallest absolute Gasteiger partial charge is 0.333 e. The van der Waals surface area contributed by atoms with E-state index in [1.807, 2.05) is 18.7 Å². The zero-order valence-electron chi connectivity index (χ0n) is 18.9. The van der Waals surface area contributed by atoms with E-state index in [-0.39, 0.29) is 5.57 Å². The molecule has 0 bridgehead atoms. The lowest BCUT2D eigenvalue weighted by molar-refractivity contribution is -0.133. The maximum atomic E-state index is 12.5. The van der Waals surface area contributed by atoms with Crippen molar-refractivity contribution in [3.63, 3.8) is 0 Å². The number of carboxylic acids is 1. The Hall–Kier alpha value is -3.57. The second-order valence-electron chi connectivity index (χ2n) is 7.41. The van der Waals surface area contributed by atoms with E-state index in [0.717, 1.165) is 11.3 Å². The molecule has 2 aromatic rings. The Balaban J connectivity index is 2.39. The van der Waals surface area contributed by atoms with Crippen LogP contribution >= 0.6 is 0 Å². The number of ether oxygens (including phenoxy) is 3. The van der Waals surface area contributed by atoms with Crippen molar-refractivity contribution in [2.75, 3.05) is 32.3 Å². The van der Waals surface area contributed by atoms with Gasteiger partial charge in [-0.2, -0.15) is 5.26 Å². The zero-order chi connectivity index (χ0) is 23.4. The highest BCUT2D eigenvalue weighted by Crippen LogP contribution is 2.52. The Bertz CT molecular complexity index is 1100. The molecule has 0 amide bonds. The number of pyridine rings is 1. The number of carboxylic acid groups (broad SMARTS) is 1. The number of rotatable bonds is 8. The lowest BCUT2D eigenvalue weighted by Gasteiger charge is -2.39. The summed E-state index contributed by atoms with van der Waals surface area (Å²) in [6.45, 7) is 6.35. The number of nitrogens with zero attached hydrogens (tertiary/aromatic N) is 3. The first-order chi connectivity index (χ1) is 15.4. The summed E-state index contributed by atoms with van der Waals surface area (Å²) in [5, 5.41) is 19.5. The number of aryl methyl sites for hydroxylation is 1. The maximum absolute atomic E-state index is 12.5. The summed E-state index contributed by atoms with van der Waals surface area (Å²) in [4.78, 5) is 18.8. The molecule has 1 aliphatic rings. The fraction of sp³-hybridized carbons (Fsp3) is 0.375. The summed E-state index contributed by atoms with van der Waals surface area (Å²) < 4.78 is 16.7. The first-order valence-electron chi connectivity index (χ1n) is 10.3. The van der Waals surface area contributed by atoms with Crippen molar-refractivity contribution in [2.45, 2.75) is 33.1 Å². The normalized spacial score (nSPS) is 15.2. The van der Waals surface area contributed by atoms with E-state index in [2.05, 4.69) is 11.1 Å². The van der Waals surface area contributed by atoms with Crippen molar-refractivity contribution in [2.24, 2.45) is 0 Å². The topological polar surface area (TPSA) is 105 Å². The highest BCUT2D eigenvalue weighted by molar-refractivity contribution is 5.95. The van der Waals surface area contributed by atoms with Crippen LogP contribution in [0.3, 0.4) is 0 Å². The molecule has 0 fully saturated rings. The van der Waals surface area contributed by atoms with Gasteiger partial charge in [0.15, 0.2) is 0 Å². The molecular weight excluding hydrogens is 410 g/mol. The Morgan fingerprint density at radius 1 is 1.31 bits per heavy atom. The zero-order valence-corrected chi connectivity index (χ0v) is 18.9. The molecule has 1 unspecified atom stereocenters. The number of hydrogen-bond acceptors (Lipinski definition) is 7. The number of anilines is 2. The number of hydrogen-bond donors (Lipinski definition) is 1. The molecule has 1 atom stereocenters. The van der Waals surface area contributed by atoms with Gasteiger partial charge < -0.3 is 24.2 Å². The highest BCUT2D eigenvalue weighted by atomic mass is 16.5. The van der Waals surface area contributed by atoms with Crippen LogP contribution in [0.4, 0.5) is 11.4 Å². The summed E-state index contributed by atoms with van der Waals surface area (Å²) >= 11 is 0. The minimum absolute atomic E-state index is 0.245. The first-order valence-corrected chi connectivity index (χ1v) is 10.3. The number of aromatic nitrogens is 1. The average Bonchev–Trinajstić information content (AvgIpc) is 2.78. The number of carbonyl (C=O) groups is 1. The van der Waals surface area contributed by atoms with Crippen LogP contribution in [0.1, 0.15) is 42.9 Å². The quantitative estimate of drug-likeness (QED) is 0.652. The molecule has 8 heteroatoms. The van der Waals surface area contributed by atoms with Gasteiger partial charge in [0.1, 0.15) is 5.75 Å². The van der Waals surface area contributed by atoms with Gasteiger partial charge in [0.05, 0.1) is 42.3 Å². The van der Waals surface area contributed by atoms with Gasteiger partial charge in [0, 0.05) is 43.2 Å². The molecule has 168 valence electrons. The Labute approximate surface area is 187 Å². The van der Waals surface area contributed by atoms with Gasteiger partial charge in [-0.1, -0.05) is 0 Å². The third-order valence-electron chi connectivity index (χ3n) is 5.55.